The van der Waals surface area contributed by atoms with E-state index < -0.39 is 16.1 Å². The Kier molecular flexibility index (Phi) is 15.6. The molecule has 1 aliphatic rings. The van der Waals surface area contributed by atoms with E-state index in [1.54, 1.807) is 0 Å². The van der Waals surface area contributed by atoms with Gasteiger partial charge in [0.1, 0.15) is 0 Å². The molecule has 0 spiro atoms. The summed E-state index contributed by atoms with van der Waals surface area (Å²) in [5.74, 6) is 0. The third-order valence-corrected chi connectivity index (χ3v) is 7.18. The van der Waals surface area contributed by atoms with Gasteiger partial charge in [-0.1, -0.05) is 0 Å². The summed E-state index contributed by atoms with van der Waals surface area (Å²) in [5.41, 5.74) is 0. The predicted molar refractivity (Wildman–Crippen MR) is 90.6 cm³/mol. The molecule has 0 aromatic carbocycles. The van der Waals surface area contributed by atoms with Gasteiger partial charge in [-0.05, 0) is 0 Å². The quantitative estimate of drug-likeness (QED) is 0.597. The van der Waals surface area contributed by atoms with Crippen LogP contribution in [0.2, 0.25) is 15.7 Å². The monoisotopic (exact) mass is 391 g/mol. The minimum absolute atomic E-state index is 0. The van der Waals surface area contributed by atoms with Crippen molar-refractivity contribution in [2.45, 2.75) is 15.7 Å². The van der Waals surface area contributed by atoms with Gasteiger partial charge in [0.25, 0.3) is 0 Å². The second-order valence-corrected chi connectivity index (χ2v) is 15.9. The van der Waals surface area contributed by atoms with Gasteiger partial charge in [-0.25, -0.2) is 0 Å². The Labute approximate surface area is 143 Å². The summed E-state index contributed by atoms with van der Waals surface area (Å²) in [4.78, 5) is 0. The number of hydrogen-bond donors (Lipinski definition) is 3. The van der Waals surface area contributed by atoms with Gasteiger partial charge in [0.2, 0.25) is 0 Å². The second kappa shape index (κ2) is 11.9. The summed E-state index contributed by atoms with van der Waals surface area (Å²) in [5, 5.41) is 15.6. The number of nitrogens with one attached hydrogen (secondary N) is 3. The van der Waals surface area contributed by atoms with Crippen molar-refractivity contribution in [3.05, 3.63) is 0 Å². The van der Waals surface area contributed by atoms with Crippen LogP contribution in [0.5, 0.6) is 0 Å². The maximum atomic E-state index is 14.7. The van der Waals surface area contributed by atoms with Crippen LogP contribution >= 0.6 is 37.2 Å². The molecule has 9 heteroatoms. The number of hydrogen-bond acceptors (Lipinski definition) is 4. The van der Waals surface area contributed by atoms with Crippen LogP contribution in [0.3, 0.4) is 0 Å². The zero-order valence-corrected chi connectivity index (χ0v) is 16.7. The summed E-state index contributed by atoms with van der Waals surface area (Å²) in [6.07, 6.45) is 0. The molecule has 1 heterocycles. The van der Waals surface area contributed by atoms with Crippen LogP contribution in [-0.4, -0.2) is 55.7 Å². The average molecular weight is 393 g/mol. The van der Waals surface area contributed by atoms with Gasteiger partial charge < -0.3 is 0 Å². The third kappa shape index (κ3) is 12.0. The molecule has 0 saturated carbocycles. The van der Waals surface area contributed by atoms with Crippen LogP contribution < -0.4 is 16.0 Å². The molecule has 0 aromatic rings. The molecule has 127 valence electrons. The Hall–Kier alpha value is 1.35. The second-order valence-electron chi connectivity index (χ2n) is 6.06. The van der Waals surface area contributed by atoms with Crippen LogP contribution in [0.4, 0.5) is 3.09 Å². The molecule has 1 aliphatic heterocycles. The first-order valence-corrected chi connectivity index (χ1v) is 12.6. The van der Waals surface area contributed by atoms with Gasteiger partial charge >= 0.3 is 107 Å². The van der Waals surface area contributed by atoms with Crippen molar-refractivity contribution in [1.82, 2.24) is 19.3 Å². The Bertz CT molecular complexity index is 220. The molecule has 20 heavy (non-hydrogen) atoms. The van der Waals surface area contributed by atoms with Gasteiger partial charge in [-0.3, -0.25) is 0 Å². The van der Waals surface area contributed by atoms with Crippen molar-refractivity contribution >= 4 is 37.2 Å². The number of nitrogens with zero attached hydrogens (tertiary/aromatic N) is 1. The van der Waals surface area contributed by atoms with E-state index in [0.717, 1.165) is 52.4 Å². The van der Waals surface area contributed by atoms with Gasteiger partial charge in [-0.2, -0.15) is 0 Å². The van der Waals surface area contributed by atoms with Gasteiger partial charge in [-0.15, -0.1) is 37.2 Å². The van der Waals surface area contributed by atoms with Crippen LogP contribution in [0, 0.1) is 0 Å². The zero-order chi connectivity index (χ0) is 12.8. The molecular formula is C11H31Cl3FN4Ti. The van der Waals surface area contributed by atoms with Crippen molar-refractivity contribution in [3.8, 4) is 0 Å². The summed E-state index contributed by atoms with van der Waals surface area (Å²) >= 11 is -3.79. The van der Waals surface area contributed by atoms with Crippen LogP contribution in [-0.2, 0) is 16.1 Å². The van der Waals surface area contributed by atoms with Crippen molar-refractivity contribution in [3.63, 3.8) is 0 Å². The Morgan fingerprint density at radius 2 is 1.00 bits per heavy atom. The van der Waals surface area contributed by atoms with E-state index in [1.165, 1.54) is 0 Å². The van der Waals surface area contributed by atoms with Crippen molar-refractivity contribution in [2.75, 3.05) is 52.4 Å². The summed E-state index contributed by atoms with van der Waals surface area (Å²) in [6.45, 7) is 7.27. The molecule has 0 aliphatic carbocycles. The summed E-state index contributed by atoms with van der Waals surface area (Å²) in [6, 6.07) is 0. The first-order valence-electron chi connectivity index (χ1n) is 6.67. The fourth-order valence-corrected chi connectivity index (χ4v) is 4.73. The average Bonchev–Trinajstić information content (AvgIpc) is 2.15. The van der Waals surface area contributed by atoms with Crippen LogP contribution in [0.25, 0.3) is 0 Å². The van der Waals surface area contributed by atoms with Crippen LogP contribution in [0.1, 0.15) is 0 Å². The molecule has 0 unspecified atom stereocenters. The Balaban J connectivity index is -0.000000963. The van der Waals surface area contributed by atoms with Crippen molar-refractivity contribution < 1.29 is 19.2 Å². The van der Waals surface area contributed by atoms with Gasteiger partial charge in [0.15, 0.2) is 0 Å². The van der Waals surface area contributed by atoms with E-state index in [4.69, 9.17) is 0 Å². The van der Waals surface area contributed by atoms with E-state index in [1.807, 2.05) is 15.7 Å². The molecular weight excluding hydrogens is 361 g/mol. The van der Waals surface area contributed by atoms with Gasteiger partial charge in [0.05, 0.1) is 0 Å². The first kappa shape index (κ1) is 26.3. The molecule has 0 amide bonds. The van der Waals surface area contributed by atoms with E-state index in [-0.39, 0.29) is 37.2 Å². The summed E-state index contributed by atoms with van der Waals surface area (Å²) < 4.78 is 16.8. The molecule has 1 rings (SSSR count). The minimum atomic E-state index is -3.79. The normalized spacial score (nSPS) is 21.5. The molecule has 1 saturated heterocycles. The third-order valence-electron chi connectivity index (χ3n) is 3.14. The maximum absolute atomic E-state index is 14.7. The first-order chi connectivity index (χ1) is 7.86. The van der Waals surface area contributed by atoms with Crippen molar-refractivity contribution in [1.29, 1.82) is 0 Å². The van der Waals surface area contributed by atoms with E-state index in [9.17, 15) is 3.09 Å². The standard InChI is InChI=1S/C8H19N4.3CH3.3ClH.FH.Ti/c1-2-10-5-6-12-8-7-11-4-3-9-1;;;;;;;;/h9-11H,1-8H2;3*1H3;4*1H;/q-1;;;;;;;;+2/p-1. The number of rotatable bonds is 1. The van der Waals surface area contributed by atoms with Gasteiger partial charge in [0, 0.05) is 0 Å². The Morgan fingerprint density at radius 3 is 1.30 bits per heavy atom. The SMILES string of the molecule is Cl.Cl.Cl.[CH3][Ti]([CH3])([CH3])([F])[N]1CCNCCNCCNCC1. The zero-order valence-electron chi connectivity index (χ0n) is 12.7. The fraction of sp³-hybridized carbons (Fsp3) is 1.00. The molecule has 4 nitrogen and oxygen atoms in total. The van der Waals surface area contributed by atoms with E-state index in [2.05, 4.69) is 19.3 Å². The number of halogens is 4. The van der Waals surface area contributed by atoms with E-state index >= 15 is 0 Å². The Morgan fingerprint density at radius 1 is 0.700 bits per heavy atom. The molecule has 0 radical (unpaired) electrons. The molecule has 0 bridgehead atoms. The van der Waals surface area contributed by atoms with Crippen LogP contribution in [0.15, 0.2) is 0 Å². The van der Waals surface area contributed by atoms with Crippen molar-refractivity contribution in [2.24, 2.45) is 0 Å². The topological polar surface area (TPSA) is 39.3 Å². The van der Waals surface area contributed by atoms with E-state index in [0.29, 0.717) is 0 Å². The predicted octanol–water partition coefficient (Wildman–Crippen LogP) is 1.97. The molecule has 0 aromatic heterocycles. The molecule has 1 fully saturated rings. The summed E-state index contributed by atoms with van der Waals surface area (Å²) in [7, 11) is 0. The molecule has 0 atom stereocenters. The molecule has 3 N–H and O–H groups in total. The fourth-order valence-electron chi connectivity index (χ4n) is 2.02.